The van der Waals surface area contributed by atoms with Crippen LogP contribution < -0.4 is 10.6 Å². The second kappa shape index (κ2) is 6.17. The fraction of sp³-hybridized carbons (Fsp3) is 0.200. The first-order valence-electron chi connectivity index (χ1n) is 6.00. The van der Waals surface area contributed by atoms with E-state index in [0.29, 0.717) is 0 Å². The quantitative estimate of drug-likeness (QED) is 0.844. The zero-order chi connectivity index (χ0) is 12.8. The second-order valence-corrected chi connectivity index (χ2v) is 4.18. The van der Waals surface area contributed by atoms with Gasteiger partial charge in [-0.05, 0) is 35.4 Å². The molecular formula is C15H17FN2. The third-order valence-corrected chi connectivity index (χ3v) is 2.79. The molecule has 0 radical (unpaired) electrons. The summed E-state index contributed by atoms with van der Waals surface area (Å²) in [6.45, 7) is 1.54. The molecule has 94 valence electrons. The minimum absolute atomic E-state index is 0.194. The molecule has 0 aromatic heterocycles. The van der Waals surface area contributed by atoms with Crippen molar-refractivity contribution < 1.29 is 4.39 Å². The number of anilines is 1. The molecule has 0 bridgehead atoms. The summed E-state index contributed by atoms with van der Waals surface area (Å²) >= 11 is 0. The van der Waals surface area contributed by atoms with Gasteiger partial charge in [0.1, 0.15) is 5.82 Å². The summed E-state index contributed by atoms with van der Waals surface area (Å²) in [7, 11) is 1.91. The Balaban J connectivity index is 1.86. The minimum Gasteiger partial charge on any atom is -0.388 e. The van der Waals surface area contributed by atoms with Gasteiger partial charge in [0.25, 0.3) is 0 Å². The van der Waals surface area contributed by atoms with Gasteiger partial charge in [0.05, 0.1) is 0 Å². The Morgan fingerprint density at radius 2 is 1.67 bits per heavy atom. The summed E-state index contributed by atoms with van der Waals surface area (Å²) in [6.07, 6.45) is 0. The molecule has 0 heterocycles. The molecule has 2 N–H and O–H groups in total. The second-order valence-electron chi connectivity index (χ2n) is 4.18. The van der Waals surface area contributed by atoms with Gasteiger partial charge in [0.15, 0.2) is 0 Å². The summed E-state index contributed by atoms with van der Waals surface area (Å²) in [5.41, 5.74) is 3.42. The van der Waals surface area contributed by atoms with Crippen LogP contribution in [0.15, 0.2) is 48.5 Å². The van der Waals surface area contributed by atoms with Crippen LogP contribution in [0, 0.1) is 5.82 Å². The average Bonchev–Trinajstić information content (AvgIpc) is 2.41. The van der Waals surface area contributed by atoms with E-state index >= 15 is 0 Å². The van der Waals surface area contributed by atoms with Crippen molar-refractivity contribution in [3.05, 3.63) is 65.5 Å². The van der Waals surface area contributed by atoms with E-state index < -0.39 is 0 Å². The van der Waals surface area contributed by atoms with Gasteiger partial charge < -0.3 is 10.6 Å². The molecule has 0 saturated carbocycles. The van der Waals surface area contributed by atoms with Gasteiger partial charge in [0, 0.05) is 25.8 Å². The zero-order valence-corrected chi connectivity index (χ0v) is 10.4. The van der Waals surface area contributed by atoms with Crippen LogP contribution in [0.5, 0.6) is 0 Å². The highest BCUT2D eigenvalue weighted by Gasteiger charge is 1.96. The summed E-state index contributed by atoms with van der Waals surface area (Å²) in [5.74, 6) is -0.194. The Hall–Kier alpha value is -1.87. The molecule has 2 aromatic rings. The van der Waals surface area contributed by atoms with Crippen molar-refractivity contribution in [1.82, 2.24) is 5.32 Å². The van der Waals surface area contributed by atoms with Crippen LogP contribution in [-0.4, -0.2) is 7.05 Å². The molecule has 18 heavy (non-hydrogen) atoms. The topological polar surface area (TPSA) is 24.1 Å². The van der Waals surface area contributed by atoms with Crippen LogP contribution in [0.4, 0.5) is 10.1 Å². The van der Waals surface area contributed by atoms with E-state index in [0.717, 1.165) is 24.3 Å². The first-order valence-corrected chi connectivity index (χ1v) is 6.00. The van der Waals surface area contributed by atoms with E-state index in [1.54, 1.807) is 12.1 Å². The van der Waals surface area contributed by atoms with E-state index in [-0.39, 0.29) is 5.82 Å². The van der Waals surface area contributed by atoms with E-state index in [4.69, 9.17) is 0 Å². The number of rotatable bonds is 5. The zero-order valence-electron chi connectivity index (χ0n) is 10.4. The monoisotopic (exact) mass is 244 g/mol. The smallest absolute Gasteiger partial charge is 0.123 e. The molecule has 0 unspecified atom stereocenters. The molecule has 0 amide bonds. The van der Waals surface area contributed by atoms with Crippen molar-refractivity contribution in [2.75, 3.05) is 12.4 Å². The molecule has 3 heteroatoms. The van der Waals surface area contributed by atoms with Gasteiger partial charge in [-0.3, -0.25) is 0 Å². The predicted molar refractivity (Wildman–Crippen MR) is 72.9 cm³/mol. The van der Waals surface area contributed by atoms with Crippen LogP contribution in [-0.2, 0) is 13.1 Å². The fourth-order valence-corrected chi connectivity index (χ4v) is 1.79. The number of benzene rings is 2. The third-order valence-electron chi connectivity index (χ3n) is 2.79. The van der Waals surface area contributed by atoms with E-state index in [1.807, 2.05) is 19.2 Å². The fourth-order valence-electron chi connectivity index (χ4n) is 1.79. The van der Waals surface area contributed by atoms with Crippen molar-refractivity contribution in [2.45, 2.75) is 13.1 Å². The predicted octanol–water partition coefficient (Wildman–Crippen LogP) is 3.16. The van der Waals surface area contributed by atoms with Crippen molar-refractivity contribution in [2.24, 2.45) is 0 Å². The lowest BCUT2D eigenvalue weighted by Crippen LogP contribution is -2.12. The van der Waals surface area contributed by atoms with E-state index in [2.05, 4.69) is 22.8 Å². The summed E-state index contributed by atoms with van der Waals surface area (Å²) < 4.78 is 12.7. The average molecular weight is 244 g/mol. The van der Waals surface area contributed by atoms with Crippen LogP contribution in [0.25, 0.3) is 0 Å². The summed E-state index contributed by atoms with van der Waals surface area (Å²) in [4.78, 5) is 0. The van der Waals surface area contributed by atoms with Crippen LogP contribution in [0.2, 0.25) is 0 Å². The van der Waals surface area contributed by atoms with Gasteiger partial charge in [0.2, 0.25) is 0 Å². The molecule has 0 saturated heterocycles. The van der Waals surface area contributed by atoms with Gasteiger partial charge in [-0.2, -0.15) is 0 Å². The van der Waals surface area contributed by atoms with Crippen LogP contribution in [0.1, 0.15) is 11.1 Å². The highest BCUT2D eigenvalue weighted by Crippen LogP contribution is 2.09. The Morgan fingerprint density at radius 1 is 0.944 bits per heavy atom. The minimum atomic E-state index is -0.194. The lowest BCUT2D eigenvalue weighted by Gasteiger charge is -2.07. The number of nitrogens with one attached hydrogen (secondary N) is 2. The van der Waals surface area contributed by atoms with Crippen molar-refractivity contribution in [3.63, 3.8) is 0 Å². The Bertz CT molecular complexity index is 494. The molecule has 0 aliphatic carbocycles. The SMILES string of the molecule is CNc1cccc(CNCc2ccc(F)cc2)c1. The molecule has 0 fully saturated rings. The normalized spacial score (nSPS) is 10.3. The molecular weight excluding hydrogens is 227 g/mol. The van der Waals surface area contributed by atoms with E-state index in [1.165, 1.54) is 17.7 Å². The summed E-state index contributed by atoms with van der Waals surface area (Å²) in [5, 5.41) is 6.45. The molecule has 0 spiro atoms. The van der Waals surface area contributed by atoms with Crippen molar-refractivity contribution in [1.29, 1.82) is 0 Å². The Labute approximate surface area is 107 Å². The Morgan fingerprint density at radius 3 is 2.39 bits per heavy atom. The molecule has 0 atom stereocenters. The lowest BCUT2D eigenvalue weighted by atomic mass is 10.2. The highest BCUT2D eigenvalue weighted by molar-refractivity contribution is 5.44. The van der Waals surface area contributed by atoms with Crippen molar-refractivity contribution >= 4 is 5.69 Å². The maximum atomic E-state index is 12.7. The lowest BCUT2D eigenvalue weighted by molar-refractivity contribution is 0.625. The Kier molecular flexibility index (Phi) is 4.31. The molecule has 0 aliphatic heterocycles. The molecule has 2 rings (SSSR count). The maximum Gasteiger partial charge on any atom is 0.123 e. The molecule has 0 aliphatic rings. The van der Waals surface area contributed by atoms with E-state index in [9.17, 15) is 4.39 Å². The maximum absolute atomic E-state index is 12.7. The number of hydrogen-bond acceptors (Lipinski definition) is 2. The van der Waals surface area contributed by atoms with Gasteiger partial charge in [-0.1, -0.05) is 24.3 Å². The van der Waals surface area contributed by atoms with Gasteiger partial charge in [-0.15, -0.1) is 0 Å². The van der Waals surface area contributed by atoms with Crippen LogP contribution in [0.3, 0.4) is 0 Å². The number of halogens is 1. The molecule has 2 nitrogen and oxygen atoms in total. The first kappa shape index (κ1) is 12.6. The first-order chi connectivity index (χ1) is 8.78. The van der Waals surface area contributed by atoms with Gasteiger partial charge in [-0.25, -0.2) is 4.39 Å². The standard InChI is InChI=1S/C15H17FN2/c1-17-15-4-2-3-13(9-15)11-18-10-12-5-7-14(16)8-6-12/h2-9,17-18H,10-11H2,1H3. The highest BCUT2D eigenvalue weighted by atomic mass is 19.1. The summed E-state index contributed by atoms with van der Waals surface area (Å²) in [6, 6.07) is 14.8. The van der Waals surface area contributed by atoms with Gasteiger partial charge >= 0.3 is 0 Å². The number of hydrogen-bond donors (Lipinski definition) is 2. The largest absolute Gasteiger partial charge is 0.388 e. The van der Waals surface area contributed by atoms with Crippen molar-refractivity contribution in [3.8, 4) is 0 Å². The molecule has 2 aromatic carbocycles. The van der Waals surface area contributed by atoms with Crippen LogP contribution >= 0.6 is 0 Å². The third kappa shape index (κ3) is 3.57.